The molecule has 4 rings (SSSR count). The second-order valence-corrected chi connectivity index (χ2v) is 10.4. The maximum absolute atomic E-state index is 14.0. The van der Waals surface area contributed by atoms with Gasteiger partial charge in [0.1, 0.15) is 23.9 Å². The fourth-order valence-corrected chi connectivity index (χ4v) is 5.27. The van der Waals surface area contributed by atoms with E-state index in [9.17, 15) is 24.3 Å². The van der Waals surface area contributed by atoms with Crippen molar-refractivity contribution >= 4 is 40.5 Å². The van der Waals surface area contributed by atoms with Crippen molar-refractivity contribution in [1.29, 1.82) is 0 Å². The maximum Gasteiger partial charge on any atom is 0.246 e. The van der Waals surface area contributed by atoms with E-state index in [1.807, 2.05) is 24.3 Å². The number of amides is 4. The Morgan fingerprint density at radius 3 is 2.55 bits per heavy atom. The van der Waals surface area contributed by atoms with Crippen LogP contribution in [0.5, 0.6) is 5.75 Å². The van der Waals surface area contributed by atoms with Crippen molar-refractivity contribution in [2.24, 2.45) is 22.2 Å². The van der Waals surface area contributed by atoms with Crippen molar-refractivity contribution in [1.82, 2.24) is 20.5 Å². The number of rotatable bonds is 11. The van der Waals surface area contributed by atoms with Crippen molar-refractivity contribution in [3.05, 3.63) is 65.4 Å². The number of H-pyrrole nitrogens is 1. The molecule has 1 aliphatic heterocycles. The number of phenols is 1. The fourth-order valence-electron chi connectivity index (χ4n) is 5.27. The number of phenolic OH excluding ortho intramolecular Hbond substituents is 1. The predicted molar refractivity (Wildman–Crippen MR) is 157 cm³/mol. The van der Waals surface area contributed by atoms with Crippen LogP contribution in [-0.4, -0.2) is 69.2 Å². The van der Waals surface area contributed by atoms with Gasteiger partial charge in [-0.25, -0.2) is 0 Å². The van der Waals surface area contributed by atoms with Gasteiger partial charge in [-0.2, -0.15) is 0 Å². The van der Waals surface area contributed by atoms with Gasteiger partial charge >= 0.3 is 0 Å². The normalized spacial score (nSPS) is 15.7. The number of hydrogen-bond acceptors (Lipinski definition) is 6. The number of guanidine groups is 1. The van der Waals surface area contributed by atoms with E-state index in [0.717, 1.165) is 22.0 Å². The fraction of sp³-hybridized carbons (Fsp3) is 0.345. The monoisotopic (exact) mass is 576 g/mol. The Morgan fingerprint density at radius 2 is 1.83 bits per heavy atom. The summed E-state index contributed by atoms with van der Waals surface area (Å²) in [5, 5.41) is 16.4. The molecule has 0 fully saturated rings. The number of carbonyl (C=O) groups is 4. The Balaban J connectivity index is 1.60. The molecule has 10 N–H and O–H groups in total. The first-order chi connectivity index (χ1) is 20.0. The largest absolute Gasteiger partial charge is 0.508 e. The van der Waals surface area contributed by atoms with E-state index in [4.69, 9.17) is 17.2 Å². The van der Waals surface area contributed by atoms with E-state index in [1.54, 1.807) is 12.3 Å². The van der Waals surface area contributed by atoms with Crippen LogP contribution in [0.25, 0.3) is 10.9 Å². The molecule has 3 atom stereocenters. The number of aliphatic imine (C=N–C) groups is 1. The predicted octanol–water partition coefficient (Wildman–Crippen LogP) is -0.102. The topological polar surface area (TPSA) is 222 Å². The first-order valence-electron chi connectivity index (χ1n) is 13.6. The highest BCUT2D eigenvalue weighted by molar-refractivity contribution is 5.95. The summed E-state index contributed by atoms with van der Waals surface area (Å²) < 4.78 is 0. The minimum atomic E-state index is -1.08. The molecule has 2 aromatic carbocycles. The average molecular weight is 577 g/mol. The molecular formula is C29H36N8O5. The van der Waals surface area contributed by atoms with E-state index in [0.29, 0.717) is 12.0 Å². The molecule has 0 saturated carbocycles. The molecule has 1 aliphatic rings. The van der Waals surface area contributed by atoms with Gasteiger partial charge in [-0.3, -0.25) is 24.2 Å². The summed E-state index contributed by atoms with van der Waals surface area (Å²) in [6, 6.07) is 9.31. The lowest BCUT2D eigenvalue weighted by atomic mass is 9.92. The molecule has 0 saturated heterocycles. The summed E-state index contributed by atoms with van der Waals surface area (Å²) in [6.45, 7) is 1.54. The van der Waals surface area contributed by atoms with Crippen LogP contribution >= 0.6 is 0 Å². The van der Waals surface area contributed by atoms with Gasteiger partial charge in [0.05, 0.1) is 0 Å². The molecule has 13 heteroatoms. The van der Waals surface area contributed by atoms with Crippen LogP contribution in [0.4, 0.5) is 0 Å². The van der Waals surface area contributed by atoms with Crippen LogP contribution in [0, 0.1) is 0 Å². The Bertz CT molecular complexity index is 1510. The van der Waals surface area contributed by atoms with Crippen molar-refractivity contribution in [2.75, 3.05) is 6.54 Å². The molecule has 0 aliphatic carbocycles. The summed E-state index contributed by atoms with van der Waals surface area (Å²) in [7, 11) is 0. The number of nitrogens with one attached hydrogen (secondary N) is 3. The Labute approximate surface area is 242 Å². The third-order valence-corrected chi connectivity index (χ3v) is 7.28. The second-order valence-electron chi connectivity index (χ2n) is 10.4. The number of aromatic hydroxyl groups is 1. The molecule has 0 bridgehead atoms. The molecule has 3 unspecified atom stereocenters. The van der Waals surface area contributed by atoms with Gasteiger partial charge in [0, 0.05) is 50.0 Å². The number of nitrogens with zero attached hydrogens (tertiary/aromatic N) is 2. The second kappa shape index (κ2) is 13.1. The van der Waals surface area contributed by atoms with E-state index in [1.165, 1.54) is 24.0 Å². The third kappa shape index (κ3) is 7.16. The van der Waals surface area contributed by atoms with Gasteiger partial charge in [0.2, 0.25) is 23.6 Å². The number of nitrogens with two attached hydrogens (primary N) is 3. The van der Waals surface area contributed by atoms with Crippen molar-refractivity contribution in [3.8, 4) is 5.75 Å². The molecule has 3 aromatic rings. The van der Waals surface area contributed by atoms with Crippen LogP contribution < -0.4 is 27.8 Å². The molecule has 2 heterocycles. The van der Waals surface area contributed by atoms with Gasteiger partial charge in [-0.15, -0.1) is 0 Å². The molecule has 42 heavy (non-hydrogen) atoms. The lowest BCUT2D eigenvalue weighted by Crippen LogP contribution is -2.59. The van der Waals surface area contributed by atoms with Crippen molar-refractivity contribution in [3.63, 3.8) is 0 Å². The number of benzene rings is 2. The first kappa shape index (κ1) is 29.9. The number of aromatic nitrogens is 1. The maximum atomic E-state index is 14.0. The van der Waals surface area contributed by atoms with Gasteiger partial charge in [-0.05, 0) is 47.7 Å². The highest BCUT2D eigenvalue weighted by Crippen LogP contribution is 2.27. The van der Waals surface area contributed by atoms with Gasteiger partial charge in [-0.1, -0.05) is 24.3 Å². The summed E-state index contributed by atoms with van der Waals surface area (Å²) in [5.41, 5.74) is 19.7. The van der Waals surface area contributed by atoms with Crippen LogP contribution in [0.15, 0.2) is 53.7 Å². The van der Waals surface area contributed by atoms with Crippen LogP contribution in [0.3, 0.4) is 0 Å². The number of hydrogen-bond donors (Lipinski definition) is 7. The zero-order chi connectivity index (χ0) is 30.4. The third-order valence-electron chi connectivity index (χ3n) is 7.28. The molecule has 13 nitrogen and oxygen atoms in total. The molecule has 4 amide bonds. The summed E-state index contributed by atoms with van der Waals surface area (Å²) in [5.74, 6) is -2.28. The van der Waals surface area contributed by atoms with Gasteiger partial charge in [0.15, 0.2) is 5.96 Å². The SMILES string of the molecule is CC(=O)NC(Cc1c[nH]c2ccccc12)C(=O)NC(CCCN=C(N)N)C(=O)N1Cc2cc(O)ccc2CC1C(N)=O. The quantitative estimate of drug-likeness (QED) is 0.0931. The summed E-state index contributed by atoms with van der Waals surface area (Å²) >= 11 is 0. The zero-order valence-corrected chi connectivity index (χ0v) is 23.3. The molecule has 1 aromatic heterocycles. The highest BCUT2D eigenvalue weighted by atomic mass is 16.3. The lowest BCUT2D eigenvalue weighted by molar-refractivity contribution is -0.144. The van der Waals surface area contributed by atoms with E-state index in [-0.39, 0.29) is 44.1 Å². The zero-order valence-electron chi connectivity index (χ0n) is 23.3. The van der Waals surface area contributed by atoms with E-state index >= 15 is 0 Å². The van der Waals surface area contributed by atoms with E-state index < -0.39 is 41.8 Å². The minimum Gasteiger partial charge on any atom is -0.508 e. The molecular weight excluding hydrogens is 540 g/mol. The number of carbonyl (C=O) groups excluding carboxylic acids is 4. The summed E-state index contributed by atoms with van der Waals surface area (Å²) in [4.78, 5) is 60.6. The number of fused-ring (bicyclic) bond motifs is 2. The van der Waals surface area contributed by atoms with Crippen LogP contribution in [-0.2, 0) is 38.6 Å². The van der Waals surface area contributed by atoms with Crippen molar-refractivity contribution in [2.45, 2.75) is 57.3 Å². The van der Waals surface area contributed by atoms with E-state index in [2.05, 4.69) is 20.6 Å². The molecule has 0 spiro atoms. The number of aromatic amines is 1. The Morgan fingerprint density at radius 1 is 1.07 bits per heavy atom. The Kier molecular flexibility index (Phi) is 9.30. The first-order valence-corrected chi connectivity index (χ1v) is 13.6. The standard InChI is InChI=1S/C29H36N8O5/c1-16(38)35-24(12-18-14-34-22-6-3-2-5-21(18)22)27(41)36-23(7-4-10-33-29(31)32)28(42)37-15-19-11-20(39)9-8-17(19)13-25(37)26(30)40/h2-3,5-6,8-9,11,14,23-25,34,39H,4,7,10,12-13,15H2,1H3,(H2,30,40)(H,35,38)(H,36,41)(H4,31,32,33). The van der Waals surface area contributed by atoms with Gasteiger partial charge in [0.25, 0.3) is 0 Å². The minimum absolute atomic E-state index is 0.0148. The Hall–Kier alpha value is -5.07. The van der Waals surface area contributed by atoms with Crippen LogP contribution in [0.2, 0.25) is 0 Å². The van der Waals surface area contributed by atoms with Crippen molar-refractivity contribution < 1.29 is 24.3 Å². The number of primary amides is 1. The van der Waals surface area contributed by atoms with Crippen LogP contribution in [0.1, 0.15) is 36.5 Å². The summed E-state index contributed by atoms with van der Waals surface area (Å²) in [6.07, 6.45) is 2.61. The smallest absolute Gasteiger partial charge is 0.246 e. The molecule has 222 valence electrons. The van der Waals surface area contributed by atoms with Gasteiger partial charge < -0.3 is 42.8 Å². The number of para-hydroxylation sites is 1. The average Bonchev–Trinajstić information content (AvgIpc) is 3.35. The lowest BCUT2D eigenvalue weighted by Gasteiger charge is -2.37. The highest BCUT2D eigenvalue weighted by Gasteiger charge is 2.38. The molecule has 0 radical (unpaired) electrons.